The number of hydrogen-bond acceptors (Lipinski definition) is 6. The highest BCUT2D eigenvalue weighted by molar-refractivity contribution is 5.82. The van der Waals surface area contributed by atoms with Gasteiger partial charge in [0.25, 0.3) is 0 Å². The van der Waals surface area contributed by atoms with E-state index in [0.717, 1.165) is 12.8 Å². The van der Waals surface area contributed by atoms with Crippen molar-refractivity contribution in [3.05, 3.63) is 29.6 Å². The molecule has 0 radical (unpaired) electrons. The van der Waals surface area contributed by atoms with E-state index in [0.29, 0.717) is 12.1 Å². The zero-order valence-electron chi connectivity index (χ0n) is 19.0. The van der Waals surface area contributed by atoms with Crippen molar-refractivity contribution in [2.45, 2.75) is 83.8 Å². The average molecular weight is 433 g/mol. The number of carbonyl (C=O) groups is 2. The van der Waals surface area contributed by atoms with Crippen LogP contribution in [0.4, 0.5) is 4.79 Å². The summed E-state index contributed by atoms with van der Waals surface area (Å²) in [5, 5.41) is 12.9. The standard InChI is InChI=1S/C24H36N2O5/c1-4-6-7-8-9-10-11-12-13-14-16-19-17-15-18-20(25-19)22(27)21(23(28)31-5-2)26-24(29)30-3/h15,17-18,21-22,27H,4-12,16H2,1-3H3,(H,26,29). The quantitative estimate of drug-likeness (QED) is 0.277. The number of hydrogen-bond donors (Lipinski definition) is 2. The largest absolute Gasteiger partial charge is 0.464 e. The molecule has 7 nitrogen and oxygen atoms in total. The molecule has 2 N–H and O–H groups in total. The molecule has 2 unspecified atom stereocenters. The van der Waals surface area contributed by atoms with Crippen LogP contribution in [0.2, 0.25) is 0 Å². The molecule has 0 spiro atoms. The highest BCUT2D eigenvalue weighted by atomic mass is 16.5. The number of methoxy groups -OCH3 is 1. The van der Waals surface area contributed by atoms with Gasteiger partial charge in [-0.2, -0.15) is 0 Å². The van der Waals surface area contributed by atoms with Crippen LogP contribution in [0.5, 0.6) is 0 Å². The second-order valence-electron chi connectivity index (χ2n) is 7.27. The minimum Gasteiger partial charge on any atom is -0.464 e. The number of rotatable bonds is 13. The SMILES string of the molecule is CCCCCCCCCC#CCc1cccc(C(O)C(NC(=O)OC)C(=O)OCC)n1. The summed E-state index contributed by atoms with van der Waals surface area (Å²) in [5.41, 5.74) is 0.935. The molecule has 1 amide bonds. The van der Waals surface area contributed by atoms with E-state index in [-0.39, 0.29) is 12.3 Å². The van der Waals surface area contributed by atoms with Crippen LogP contribution in [-0.2, 0) is 20.7 Å². The number of ether oxygens (including phenoxy) is 2. The van der Waals surface area contributed by atoms with Crippen molar-refractivity contribution in [2.24, 2.45) is 0 Å². The number of carbonyl (C=O) groups excluding carboxylic acids is 2. The Morgan fingerprint density at radius 3 is 2.48 bits per heavy atom. The maximum Gasteiger partial charge on any atom is 0.407 e. The summed E-state index contributed by atoms with van der Waals surface area (Å²) in [4.78, 5) is 28.1. The van der Waals surface area contributed by atoms with Crippen molar-refractivity contribution >= 4 is 12.1 Å². The van der Waals surface area contributed by atoms with Crippen molar-refractivity contribution in [1.82, 2.24) is 10.3 Å². The summed E-state index contributed by atoms with van der Waals surface area (Å²) in [5.74, 6) is 5.53. The van der Waals surface area contributed by atoms with Gasteiger partial charge in [0.05, 0.1) is 31.5 Å². The fourth-order valence-electron chi connectivity index (χ4n) is 3.03. The highest BCUT2D eigenvalue weighted by Crippen LogP contribution is 2.17. The van der Waals surface area contributed by atoms with Crippen LogP contribution in [0.15, 0.2) is 18.2 Å². The zero-order valence-corrected chi connectivity index (χ0v) is 19.0. The molecule has 0 saturated carbocycles. The van der Waals surface area contributed by atoms with Crippen LogP contribution >= 0.6 is 0 Å². The Morgan fingerprint density at radius 2 is 1.81 bits per heavy atom. The number of amides is 1. The molecule has 0 aliphatic heterocycles. The summed E-state index contributed by atoms with van der Waals surface area (Å²) in [6.45, 7) is 3.98. The van der Waals surface area contributed by atoms with E-state index >= 15 is 0 Å². The van der Waals surface area contributed by atoms with Crippen LogP contribution < -0.4 is 5.32 Å². The van der Waals surface area contributed by atoms with Crippen molar-refractivity contribution in [1.29, 1.82) is 0 Å². The van der Waals surface area contributed by atoms with Gasteiger partial charge < -0.3 is 19.9 Å². The van der Waals surface area contributed by atoms with Gasteiger partial charge in [-0.1, -0.05) is 57.4 Å². The molecule has 0 aliphatic rings. The van der Waals surface area contributed by atoms with E-state index in [1.165, 1.54) is 45.6 Å². The monoisotopic (exact) mass is 432 g/mol. The first-order valence-electron chi connectivity index (χ1n) is 11.1. The Bertz CT molecular complexity index is 726. The predicted octanol–water partition coefficient (Wildman–Crippen LogP) is 4.09. The highest BCUT2D eigenvalue weighted by Gasteiger charge is 2.32. The number of esters is 1. The summed E-state index contributed by atoms with van der Waals surface area (Å²) in [6, 6.07) is 3.81. The van der Waals surface area contributed by atoms with Gasteiger partial charge in [0.15, 0.2) is 6.04 Å². The second-order valence-corrected chi connectivity index (χ2v) is 7.27. The molecule has 0 bridgehead atoms. The third-order valence-corrected chi connectivity index (χ3v) is 4.75. The van der Waals surface area contributed by atoms with Crippen molar-refractivity contribution in [2.75, 3.05) is 13.7 Å². The van der Waals surface area contributed by atoms with Gasteiger partial charge in [0.1, 0.15) is 6.10 Å². The number of aliphatic hydroxyl groups excluding tert-OH is 1. The number of aliphatic hydroxyl groups is 1. The fraction of sp³-hybridized carbons (Fsp3) is 0.625. The average Bonchev–Trinajstić information content (AvgIpc) is 2.78. The van der Waals surface area contributed by atoms with Crippen molar-refractivity contribution in [3.63, 3.8) is 0 Å². The number of aromatic nitrogens is 1. The number of alkyl carbamates (subject to hydrolysis) is 1. The first-order valence-corrected chi connectivity index (χ1v) is 11.1. The number of nitrogens with zero attached hydrogens (tertiary/aromatic N) is 1. The normalized spacial score (nSPS) is 12.3. The molecular weight excluding hydrogens is 396 g/mol. The molecule has 0 fully saturated rings. The molecule has 0 saturated heterocycles. The maximum atomic E-state index is 12.2. The summed E-state index contributed by atoms with van der Waals surface area (Å²) in [6.07, 6.45) is 7.89. The molecule has 1 aromatic rings. The van der Waals surface area contributed by atoms with E-state index in [2.05, 4.69) is 33.8 Å². The first kappa shape index (κ1) is 26.4. The molecule has 0 aliphatic carbocycles. The maximum absolute atomic E-state index is 12.2. The van der Waals surface area contributed by atoms with Crippen molar-refractivity contribution < 1.29 is 24.2 Å². The minimum atomic E-state index is -1.38. The predicted molar refractivity (Wildman–Crippen MR) is 119 cm³/mol. The molecule has 172 valence electrons. The molecule has 1 aromatic heterocycles. The van der Waals surface area contributed by atoms with Gasteiger partial charge in [0.2, 0.25) is 0 Å². The van der Waals surface area contributed by atoms with Crippen LogP contribution in [-0.4, -0.2) is 41.9 Å². The van der Waals surface area contributed by atoms with Crippen LogP contribution in [0.3, 0.4) is 0 Å². The van der Waals surface area contributed by atoms with E-state index in [4.69, 9.17) is 4.74 Å². The van der Waals surface area contributed by atoms with Gasteiger partial charge in [-0.05, 0) is 25.5 Å². The lowest BCUT2D eigenvalue weighted by Crippen LogP contribution is -2.46. The molecule has 1 rings (SSSR count). The summed E-state index contributed by atoms with van der Waals surface area (Å²) < 4.78 is 9.47. The van der Waals surface area contributed by atoms with Crippen molar-refractivity contribution in [3.8, 4) is 11.8 Å². The Kier molecular flexibility index (Phi) is 13.8. The third-order valence-electron chi connectivity index (χ3n) is 4.75. The fourth-order valence-corrected chi connectivity index (χ4v) is 3.03. The second kappa shape index (κ2) is 16.1. The van der Waals surface area contributed by atoms with E-state index in [1.807, 2.05) is 6.07 Å². The molecular formula is C24H36N2O5. The number of unbranched alkanes of at least 4 members (excludes halogenated alkanes) is 7. The van der Waals surface area contributed by atoms with Crippen LogP contribution in [0, 0.1) is 11.8 Å². The van der Waals surface area contributed by atoms with Gasteiger partial charge in [0, 0.05) is 6.42 Å². The van der Waals surface area contributed by atoms with E-state index in [1.54, 1.807) is 19.1 Å². The Morgan fingerprint density at radius 1 is 1.10 bits per heavy atom. The first-order chi connectivity index (χ1) is 15.0. The molecule has 0 aromatic carbocycles. The molecule has 2 atom stereocenters. The van der Waals surface area contributed by atoms with Gasteiger partial charge in [-0.25, -0.2) is 9.59 Å². The molecule has 7 heteroatoms. The Labute approximate surface area is 185 Å². The summed E-state index contributed by atoms with van der Waals surface area (Å²) >= 11 is 0. The summed E-state index contributed by atoms with van der Waals surface area (Å²) in [7, 11) is 1.17. The lowest BCUT2D eigenvalue weighted by Gasteiger charge is -2.21. The van der Waals surface area contributed by atoms with Gasteiger partial charge in [-0.3, -0.25) is 4.98 Å². The van der Waals surface area contributed by atoms with E-state index < -0.39 is 24.2 Å². The lowest BCUT2D eigenvalue weighted by molar-refractivity contribution is -0.148. The van der Waals surface area contributed by atoms with Crippen LogP contribution in [0.1, 0.15) is 82.7 Å². The van der Waals surface area contributed by atoms with E-state index in [9.17, 15) is 14.7 Å². The Hall–Kier alpha value is -2.59. The van der Waals surface area contributed by atoms with Gasteiger partial charge >= 0.3 is 12.1 Å². The van der Waals surface area contributed by atoms with Gasteiger partial charge in [-0.15, -0.1) is 5.92 Å². The molecule has 1 heterocycles. The number of pyridine rings is 1. The smallest absolute Gasteiger partial charge is 0.407 e. The number of nitrogens with one attached hydrogen (secondary N) is 1. The molecule has 31 heavy (non-hydrogen) atoms. The third kappa shape index (κ3) is 10.8. The zero-order chi connectivity index (χ0) is 22.9. The van der Waals surface area contributed by atoms with Crippen LogP contribution in [0.25, 0.3) is 0 Å². The lowest BCUT2D eigenvalue weighted by atomic mass is 10.1. The Balaban J connectivity index is 2.60. The minimum absolute atomic E-state index is 0.118. The topological polar surface area (TPSA) is 97.8 Å².